The Morgan fingerprint density at radius 1 is 1.18 bits per heavy atom. The lowest BCUT2D eigenvalue weighted by Crippen LogP contribution is -2.45. The van der Waals surface area contributed by atoms with Crippen molar-refractivity contribution in [1.82, 2.24) is 10.6 Å². The fraction of sp³-hybridized carbons (Fsp3) is 0.556. The molecule has 0 bridgehead atoms. The van der Waals surface area contributed by atoms with E-state index in [9.17, 15) is 9.59 Å². The fourth-order valence-electron chi connectivity index (χ4n) is 2.88. The van der Waals surface area contributed by atoms with Gasteiger partial charge < -0.3 is 10.6 Å². The van der Waals surface area contributed by atoms with Gasteiger partial charge in [-0.05, 0) is 24.8 Å². The molecule has 2 amide bonds. The summed E-state index contributed by atoms with van der Waals surface area (Å²) in [5.41, 5.74) is 0.842. The predicted octanol–water partition coefficient (Wildman–Crippen LogP) is 3.58. The number of hydrogen-bond donors (Lipinski definition) is 2. The molecule has 0 saturated heterocycles. The molecule has 4 heteroatoms. The summed E-state index contributed by atoms with van der Waals surface area (Å²) in [5, 5.41) is 5.86. The first-order chi connectivity index (χ1) is 10.6. The molecule has 1 aromatic carbocycles. The van der Waals surface area contributed by atoms with E-state index in [4.69, 9.17) is 0 Å². The average Bonchev–Trinajstić information content (AvgIpc) is 3.05. The van der Waals surface area contributed by atoms with Crippen LogP contribution in [0.25, 0.3) is 0 Å². The smallest absolute Gasteiger partial charge is 0.315 e. The minimum atomic E-state index is -0.572. The van der Waals surface area contributed by atoms with Gasteiger partial charge in [0.1, 0.15) is 6.04 Å². The summed E-state index contributed by atoms with van der Waals surface area (Å²) < 4.78 is 0. The van der Waals surface area contributed by atoms with E-state index in [-0.39, 0.29) is 23.8 Å². The van der Waals surface area contributed by atoms with Crippen LogP contribution in [0.15, 0.2) is 30.3 Å². The topological polar surface area (TPSA) is 58.2 Å². The first kappa shape index (κ1) is 16.5. The molecule has 2 atom stereocenters. The SMILES string of the molecule is CCC(C)C(=O)[C@H](NC(=O)NC1CCCC1)c1ccccc1. The van der Waals surface area contributed by atoms with E-state index in [0.29, 0.717) is 0 Å². The second kappa shape index (κ2) is 7.97. The summed E-state index contributed by atoms with van der Waals surface area (Å²) >= 11 is 0. The number of ketones is 1. The van der Waals surface area contributed by atoms with Crippen molar-refractivity contribution in [2.24, 2.45) is 5.92 Å². The van der Waals surface area contributed by atoms with Gasteiger partial charge in [-0.1, -0.05) is 57.0 Å². The summed E-state index contributed by atoms with van der Waals surface area (Å²) in [4.78, 5) is 24.8. The average molecular weight is 302 g/mol. The molecule has 0 spiro atoms. The molecule has 1 saturated carbocycles. The van der Waals surface area contributed by atoms with Gasteiger partial charge in [0.15, 0.2) is 5.78 Å². The highest BCUT2D eigenvalue weighted by Gasteiger charge is 2.27. The molecule has 1 aliphatic carbocycles. The number of urea groups is 1. The Balaban J connectivity index is 2.07. The Bertz CT molecular complexity index is 495. The molecule has 4 nitrogen and oxygen atoms in total. The van der Waals surface area contributed by atoms with Crippen LogP contribution in [0.1, 0.15) is 57.6 Å². The van der Waals surface area contributed by atoms with Crippen LogP contribution in [0.3, 0.4) is 0 Å². The Morgan fingerprint density at radius 3 is 2.41 bits per heavy atom. The van der Waals surface area contributed by atoms with Crippen LogP contribution < -0.4 is 10.6 Å². The predicted molar refractivity (Wildman–Crippen MR) is 87.6 cm³/mol. The maximum atomic E-state index is 12.6. The molecule has 0 aromatic heterocycles. The van der Waals surface area contributed by atoms with E-state index in [1.807, 2.05) is 44.2 Å². The summed E-state index contributed by atoms with van der Waals surface area (Å²) in [7, 11) is 0. The molecule has 2 rings (SSSR count). The summed E-state index contributed by atoms with van der Waals surface area (Å²) in [6, 6.07) is 8.91. The fourth-order valence-corrected chi connectivity index (χ4v) is 2.88. The first-order valence-corrected chi connectivity index (χ1v) is 8.27. The Hall–Kier alpha value is -1.84. The molecular weight excluding hydrogens is 276 g/mol. The Kier molecular flexibility index (Phi) is 5.99. The molecule has 0 heterocycles. The van der Waals surface area contributed by atoms with Crippen LogP contribution >= 0.6 is 0 Å². The van der Waals surface area contributed by atoms with E-state index < -0.39 is 6.04 Å². The second-order valence-corrected chi connectivity index (χ2v) is 6.15. The zero-order valence-electron chi connectivity index (χ0n) is 13.5. The normalized spacial score (nSPS) is 17.7. The third-order valence-electron chi connectivity index (χ3n) is 4.48. The van der Waals surface area contributed by atoms with Gasteiger partial charge in [-0.15, -0.1) is 0 Å². The molecule has 1 unspecified atom stereocenters. The molecule has 1 aliphatic rings. The van der Waals surface area contributed by atoms with Crippen LogP contribution in [0.4, 0.5) is 4.79 Å². The number of nitrogens with one attached hydrogen (secondary N) is 2. The number of amides is 2. The van der Waals surface area contributed by atoms with Crippen molar-refractivity contribution in [1.29, 1.82) is 0 Å². The number of hydrogen-bond acceptors (Lipinski definition) is 2. The van der Waals surface area contributed by atoms with Crippen molar-refractivity contribution >= 4 is 11.8 Å². The maximum Gasteiger partial charge on any atom is 0.315 e. The van der Waals surface area contributed by atoms with Gasteiger partial charge in [0, 0.05) is 12.0 Å². The summed E-state index contributed by atoms with van der Waals surface area (Å²) in [6.45, 7) is 3.90. The second-order valence-electron chi connectivity index (χ2n) is 6.15. The highest BCUT2D eigenvalue weighted by Crippen LogP contribution is 2.21. The summed E-state index contributed by atoms with van der Waals surface area (Å²) in [6.07, 6.45) is 5.16. The molecule has 0 radical (unpaired) electrons. The number of rotatable bonds is 6. The summed E-state index contributed by atoms with van der Waals surface area (Å²) in [5.74, 6) is -0.00717. The monoisotopic (exact) mass is 302 g/mol. The quantitative estimate of drug-likeness (QED) is 0.843. The lowest BCUT2D eigenvalue weighted by Gasteiger charge is -2.22. The Labute approximate surface area is 132 Å². The number of Topliss-reactive ketones (excluding diaryl/α,β-unsaturated/α-hetero) is 1. The van der Waals surface area contributed by atoms with Crippen LogP contribution in [-0.2, 0) is 4.79 Å². The standard InChI is InChI=1S/C18H26N2O2/c1-3-13(2)17(21)16(14-9-5-4-6-10-14)20-18(22)19-15-11-7-8-12-15/h4-6,9-10,13,15-16H,3,7-8,11-12H2,1-2H3,(H2,19,20,22)/t13?,16-/m1/s1. The van der Waals surface area contributed by atoms with Crippen molar-refractivity contribution in [3.63, 3.8) is 0 Å². The van der Waals surface area contributed by atoms with Crippen molar-refractivity contribution in [2.75, 3.05) is 0 Å². The van der Waals surface area contributed by atoms with E-state index >= 15 is 0 Å². The minimum Gasteiger partial charge on any atom is -0.335 e. The third kappa shape index (κ3) is 4.33. The lowest BCUT2D eigenvalue weighted by molar-refractivity contribution is -0.124. The van der Waals surface area contributed by atoms with Gasteiger partial charge >= 0.3 is 6.03 Å². The molecule has 1 aromatic rings. The number of carbonyl (C=O) groups is 2. The van der Waals surface area contributed by atoms with E-state index in [1.165, 1.54) is 12.8 Å². The van der Waals surface area contributed by atoms with Gasteiger partial charge in [0.2, 0.25) is 0 Å². The van der Waals surface area contributed by atoms with Crippen LogP contribution in [0.5, 0.6) is 0 Å². The van der Waals surface area contributed by atoms with Crippen LogP contribution in [0.2, 0.25) is 0 Å². The maximum absolute atomic E-state index is 12.6. The van der Waals surface area contributed by atoms with Crippen molar-refractivity contribution in [3.8, 4) is 0 Å². The highest BCUT2D eigenvalue weighted by atomic mass is 16.2. The van der Waals surface area contributed by atoms with E-state index in [0.717, 1.165) is 24.8 Å². The lowest BCUT2D eigenvalue weighted by atomic mass is 9.93. The van der Waals surface area contributed by atoms with Gasteiger partial charge in [0.25, 0.3) is 0 Å². The number of carbonyl (C=O) groups excluding carboxylic acids is 2. The van der Waals surface area contributed by atoms with Crippen LogP contribution in [-0.4, -0.2) is 17.9 Å². The van der Waals surface area contributed by atoms with Gasteiger partial charge in [0.05, 0.1) is 0 Å². The molecule has 1 fully saturated rings. The number of benzene rings is 1. The van der Waals surface area contributed by atoms with Crippen molar-refractivity contribution in [2.45, 2.75) is 58.0 Å². The van der Waals surface area contributed by atoms with Crippen molar-refractivity contribution in [3.05, 3.63) is 35.9 Å². The molecular formula is C18H26N2O2. The van der Waals surface area contributed by atoms with E-state index in [1.54, 1.807) is 0 Å². The minimum absolute atomic E-state index is 0.0651. The zero-order chi connectivity index (χ0) is 15.9. The molecule has 22 heavy (non-hydrogen) atoms. The Morgan fingerprint density at radius 2 is 1.82 bits per heavy atom. The van der Waals surface area contributed by atoms with Crippen molar-refractivity contribution < 1.29 is 9.59 Å². The van der Waals surface area contributed by atoms with E-state index in [2.05, 4.69) is 10.6 Å². The molecule has 2 N–H and O–H groups in total. The largest absolute Gasteiger partial charge is 0.335 e. The zero-order valence-corrected chi connectivity index (χ0v) is 13.5. The first-order valence-electron chi connectivity index (χ1n) is 8.27. The van der Waals surface area contributed by atoms with Gasteiger partial charge in [-0.2, -0.15) is 0 Å². The van der Waals surface area contributed by atoms with Gasteiger partial charge in [-0.25, -0.2) is 4.79 Å². The van der Waals surface area contributed by atoms with Gasteiger partial charge in [-0.3, -0.25) is 4.79 Å². The molecule has 120 valence electrons. The third-order valence-corrected chi connectivity index (χ3v) is 4.48. The molecule has 0 aliphatic heterocycles. The van der Waals surface area contributed by atoms with Crippen LogP contribution in [0, 0.1) is 5.92 Å². The highest BCUT2D eigenvalue weighted by molar-refractivity contribution is 5.91.